The first-order chi connectivity index (χ1) is 17.4. The molecule has 2 aromatic rings. The summed E-state index contributed by atoms with van der Waals surface area (Å²) in [7, 11) is 0. The van der Waals surface area contributed by atoms with Gasteiger partial charge in [-0.3, -0.25) is 4.79 Å². The Balaban J connectivity index is 1.17. The highest BCUT2D eigenvalue weighted by Crippen LogP contribution is 2.42. The van der Waals surface area contributed by atoms with Crippen LogP contribution in [0.1, 0.15) is 106 Å². The minimum atomic E-state index is -0.718. The molecule has 2 aliphatic carbocycles. The van der Waals surface area contributed by atoms with Crippen molar-refractivity contribution >= 4 is 5.97 Å². The monoisotopic (exact) mass is 500 g/mol. The maximum Gasteiger partial charge on any atom is 0.314 e. The van der Waals surface area contributed by atoms with Gasteiger partial charge in [-0.1, -0.05) is 31.9 Å². The highest BCUT2D eigenvalue weighted by molar-refractivity contribution is 5.75. The second kappa shape index (κ2) is 11.0. The third-order valence-electron chi connectivity index (χ3n) is 8.50. The van der Waals surface area contributed by atoms with E-state index < -0.39 is 23.4 Å². The predicted molar refractivity (Wildman–Crippen MR) is 131 cm³/mol. The molecular formula is C30H35F3O3. The van der Waals surface area contributed by atoms with Crippen LogP contribution in [0, 0.1) is 29.3 Å². The van der Waals surface area contributed by atoms with Gasteiger partial charge in [-0.2, -0.15) is 0 Å². The van der Waals surface area contributed by atoms with E-state index in [9.17, 15) is 9.18 Å². The minimum absolute atomic E-state index is 0.0999. The maximum atomic E-state index is 15.2. The van der Waals surface area contributed by atoms with Gasteiger partial charge in [0.1, 0.15) is 17.7 Å². The fourth-order valence-electron chi connectivity index (χ4n) is 6.28. The van der Waals surface area contributed by atoms with Crippen molar-refractivity contribution in [3.8, 4) is 5.75 Å². The molecule has 1 saturated heterocycles. The second-order valence-corrected chi connectivity index (χ2v) is 10.9. The van der Waals surface area contributed by atoms with E-state index in [1.54, 1.807) is 24.3 Å². The van der Waals surface area contributed by atoms with E-state index >= 15 is 8.78 Å². The molecule has 1 unspecified atom stereocenters. The molecule has 0 bridgehead atoms. The summed E-state index contributed by atoms with van der Waals surface area (Å²) in [6.45, 7) is 2.70. The van der Waals surface area contributed by atoms with Gasteiger partial charge in [0.25, 0.3) is 0 Å². The molecule has 2 saturated carbocycles. The summed E-state index contributed by atoms with van der Waals surface area (Å²) in [6.07, 6.45) is 8.46. The summed E-state index contributed by atoms with van der Waals surface area (Å²) in [6, 6.07) is 7.95. The Morgan fingerprint density at radius 2 is 1.42 bits per heavy atom. The van der Waals surface area contributed by atoms with Crippen LogP contribution >= 0.6 is 0 Å². The van der Waals surface area contributed by atoms with Crippen molar-refractivity contribution in [2.45, 2.75) is 89.1 Å². The molecule has 3 nitrogen and oxygen atoms in total. The van der Waals surface area contributed by atoms with Crippen LogP contribution in [0.2, 0.25) is 0 Å². The first kappa shape index (κ1) is 25.3. The molecule has 1 atom stereocenters. The summed E-state index contributed by atoms with van der Waals surface area (Å²) in [5.41, 5.74) is 1.41. The fraction of sp³-hybridized carbons (Fsp3) is 0.567. The van der Waals surface area contributed by atoms with Crippen LogP contribution < -0.4 is 4.74 Å². The van der Waals surface area contributed by atoms with E-state index in [1.165, 1.54) is 18.9 Å². The quantitative estimate of drug-likeness (QED) is 0.219. The maximum absolute atomic E-state index is 15.2. The van der Waals surface area contributed by atoms with Gasteiger partial charge in [0.05, 0.1) is 12.5 Å². The van der Waals surface area contributed by atoms with Gasteiger partial charge in [0, 0.05) is 11.6 Å². The zero-order chi connectivity index (χ0) is 25.2. The van der Waals surface area contributed by atoms with Gasteiger partial charge >= 0.3 is 5.97 Å². The van der Waals surface area contributed by atoms with Gasteiger partial charge in [-0.15, -0.1) is 0 Å². The van der Waals surface area contributed by atoms with Gasteiger partial charge < -0.3 is 9.47 Å². The highest BCUT2D eigenvalue weighted by Gasteiger charge is 2.33. The van der Waals surface area contributed by atoms with Crippen LogP contribution in [0.5, 0.6) is 5.75 Å². The minimum Gasteiger partial charge on any atom is -0.426 e. The molecule has 1 aliphatic heterocycles. The van der Waals surface area contributed by atoms with E-state index in [4.69, 9.17) is 9.47 Å². The topological polar surface area (TPSA) is 38.8 Å². The first-order valence-electron chi connectivity index (χ1n) is 13.5. The average molecular weight is 501 g/mol. The van der Waals surface area contributed by atoms with E-state index in [0.717, 1.165) is 31.6 Å². The lowest BCUT2D eigenvalue weighted by Crippen LogP contribution is -2.25. The second-order valence-electron chi connectivity index (χ2n) is 10.9. The van der Waals surface area contributed by atoms with Crippen molar-refractivity contribution in [2.24, 2.45) is 11.8 Å². The van der Waals surface area contributed by atoms with E-state index in [0.29, 0.717) is 49.0 Å². The number of halogens is 3. The summed E-state index contributed by atoms with van der Waals surface area (Å²) in [5.74, 6) is -1.70. The number of rotatable bonds is 7. The molecule has 0 spiro atoms. The van der Waals surface area contributed by atoms with Gasteiger partial charge in [0.15, 0.2) is 11.6 Å². The Labute approximate surface area is 211 Å². The predicted octanol–water partition coefficient (Wildman–Crippen LogP) is 8.13. The number of hydrogen-bond acceptors (Lipinski definition) is 3. The Morgan fingerprint density at radius 3 is 1.94 bits per heavy atom. The summed E-state index contributed by atoms with van der Waals surface area (Å²) in [4.78, 5) is 12.7. The molecule has 5 rings (SSSR count). The molecular weight excluding hydrogens is 465 g/mol. The molecule has 194 valence electrons. The Kier molecular flexibility index (Phi) is 7.71. The molecule has 0 aromatic heterocycles. The molecule has 2 aromatic carbocycles. The van der Waals surface area contributed by atoms with Crippen molar-refractivity contribution in [3.63, 3.8) is 0 Å². The standard InChI is InChI=1S/C30H35F3O3/c1-2-3-18-4-6-19(7-5-18)23-14-15-24(29(33)28(23)32)20-8-10-21(11-9-20)30(34)36-22-12-13-25(26(31)16-22)27-17-35-27/h12-16,18-21,27H,2-11,17H2,1H3. The zero-order valence-electron chi connectivity index (χ0n) is 20.9. The summed E-state index contributed by atoms with van der Waals surface area (Å²) < 4.78 is 55.0. The molecule has 1 heterocycles. The molecule has 3 aliphatic rings. The Morgan fingerprint density at radius 1 is 0.861 bits per heavy atom. The molecule has 36 heavy (non-hydrogen) atoms. The molecule has 0 amide bonds. The summed E-state index contributed by atoms with van der Waals surface area (Å²) in [5, 5.41) is 0. The van der Waals surface area contributed by atoms with Crippen molar-refractivity contribution in [2.75, 3.05) is 6.61 Å². The smallest absolute Gasteiger partial charge is 0.314 e. The number of epoxide rings is 1. The van der Waals surface area contributed by atoms with Gasteiger partial charge in [0.2, 0.25) is 0 Å². The van der Waals surface area contributed by atoms with E-state index in [1.807, 2.05) is 0 Å². The van der Waals surface area contributed by atoms with Crippen LogP contribution in [0.25, 0.3) is 0 Å². The SMILES string of the molecule is CCCC1CCC(c2ccc(C3CCC(C(=O)Oc4ccc(C5CO5)c(F)c4)CC3)c(F)c2F)CC1. The van der Waals surface area contributed by atoms with E-state index in [2.05, 4.69) is 6.92 Å². The third kappa shape index (κ3) is 5.49. The van der Waals surface area contributed by atoms with E-state index in [-0.39, 0.29) is 29.6 Å². The molecule has 6 heteroatoms. The van der Waals surface area contributed by atoms with Crippen molar-refractivity contribution < 1.29 is 27.4 Å². The van der Waals surface area contributed by atoms with Crippen molar-refractivity contribution in [1.29, 1.82) is 0 Å². The average Bonchev–Trinajstić information content (AvgIpc) is 3.72. The van der Waals surface area contributed by atoms with Gasteiger partial charge in [-0.25, -0.2) is 13.2 Å². The largest absolute Gasteiger partial charge is 0.426 e. The number of hydrogen-bond donors (Lipinski definition) is 0. The Hall–Kier alpha value is -2.34. The van der Waals surface area contributed by atoms with Crippen LogP contribution in [0.3, 0.4) is 0 Å². The lowest BCUT2D eigenvalue weighted by Gasteiger charge is -2.30. The zero-order valence-corrected chi connectivity index (χ0v) is 20.9. The highest BCUT2D eigenvalue weighted by atomic mass is 19.2. The number of esters is 1. The van der Waals surface area contributed by atoms with Gasteiger partial charge in [-0.05, 0) is 92.4 Å². The van der Waals surface area contributed by atoms with Crippen LogP contribution in [0.15, 0.2) is 30.3 Å². The fourth-order valence-corrected chi connectivity index (χ4v) is 6.28. The third-order valence-corrected chi connectivity index (χ3v) is 8.50. The number of carbonyl (C=O) groups excluding carboxylic acids is 1. The van der Waals surface area contributed by atoms with Crippen LogP contribution in [0.4, 0.5) is 13.2 Å². The number of carbonyl (C=O) groups is 1. The lowest BCUT2D eigenvalue weighted by molar-refractivity contribution is -0.140. The molecule has 3 fully saturated rings. The normalized spacial score (nSPS) is 28.1. The number of benzene rings is 2. The number of ether oxygens (including phenoxy) is 2. The molecule has 0 radical (unpaired) electrons. The van der Waals surface area contributed by atoms with Crippen LogP contribution in [-0.2, 0) is 9.53 Å². The Bertz CT molecular complexity index is 1080. The van der Waals surface area contributed by atoms with Crippen molar-refractivity contribution in [3.05, 3.63) is 64.5 Å². The molecule has 0 N–H and O–H groups in total. The van der Waals surface area contributed by atoms with Crippen LogP contribution in [-0.4, -0.2) is 12.6 Å². The van der Waals surface area contributed by atoms with Crippen molar-refractivity contribution in [1.82, 2.24) is 0 Å². The summed E-state index contributed by atoms with van der Waals surface area (Å²) >= 11 is 0. The first-order valence-corrected chi connectivity index (χ1v) is 13.5. The lowest BCUT2D eigenvalue weighted by atomic mass is 9.75.